The molecule has 2 N–H and O–H groups in total. The van der Waals surface area contributed by atoms with E-state index in [1.807, 2.05) is 42.7 Å². The number of thioether (sulfide) groups is 1. The minimum Gasteiger partial charge on any atom is -0.398 e. The number of methoxy groups -OCH3 is 3. The molecule has 0 bridgehead atoms. The van der Waals surface area contributed by atoms with Crippen LogP contribution in [0.15, 0.2) is 47.5 Å². The van der Waals surface area contributed by atoms with Crippen molar-refractivity contribution in [1.82, 2.24) is 15.0 Å². The van der Waals surface area contributed by atoms with Crippen molar-refractivity contribution >= 4 is 23.1 Å². The van der Waals surface area contributed by atoms with Crippen LogP contribution in [0.1, 0.15) is 0 Å². The molecule has 1 heterocycles. The number of nitrogens with zero attached hydrogens (tertiary/aromatic N) is 3. The molecule has 1 atom stereocenters. The highest BCUT2D eigenvalue weighted by Gasteiger charge is 2.39. The molecule has 8 heteroatoms. The molecule has 7 nitrogen and oxygen atoms in total. The molecular weight excluding hydrogens is 352 g/mol. The summed E-state index contributed by atoms with van der Waals surface area (Å²) in [7, 11) is 4.76. The summed E-state index contributed by atoms with van der Waals surface area (Å²) in [6, 6.07) is 5.93. The standard InChI is InChI=1S/C18H22N4O3S/c1-23-17-10-13(7-8-18(17,24-2)25-3)22-15(11-20-21-22)12-5-6-16(26-4)14(19)9-12/h5-11,17H,19H2,1-4H3. The molecule has 0 amide bonds. The summed E-state index contributed by atoms with van der Waals surface area (Å²) >= 11 is 1.61. The first-order valence-electron chi connectivity index (χ1n) is 7.97. The van der Waals surface area contributed by atoms with Gasteiger partial charge in [0.25, 0.3) is 0 Å². The Labute approximate surface area is 156 Å². The van der Waals surface area contributed by atoms with Gasteiger partial charge >= 0.3 is 0 Å². The highest BCUT2D eigenvalue weighted by atomic mass is 32.2. The Bertz CT molecular complexity index is 843. The van der Waals surface area contributed by atoms with Crippen LogP contribution in [0.2, 0.25) is 0 Å². The second-order valence-corrected chi connectivity index (χ2v) is 6.55. The molecular formula is C18H22N4O3S. The van der Waals surface area contributed by atoms with Gasteiger partial charge in [-0.1, -0.05) is 11.3 Å². The van der Waals surface area contributed by atoms with Crippen molar-refractivity contribution in [2.24, 2.45) is 0 Å². The topological polar surface area (TPSA) is 84.4 Å². The van der Waals surface area contributed by atoms with Gasteiger partial charge in [-0.15, -0.1) is 16.9 Å². The van der Waals surface area contributed by atoms with E-state index in [-0.39, 0.29) is 0 Å². The van der Waals surface area contributed by atoms with Crippen molar-refractivity contribution < 1.29 is 14.2 Å². The number of rotatable bonds is 6. The molecule has 1 aliphatic carbocycles. The average molecular weight is 374 g/mol. The molecule has 0 saturated heterocycles. The van der Waals surface area contributed by atoms with E-state index in [0.717, 1.165) is 27.5 Å². The molecule has 0 fully saturated rings. The zero-order chi connectivity index (χ0) is 18.7. The molecule has 3 rings (SSSR count). The number of hydrogen-bond acceptors (Lipinski definition) is 7. The van der Waals surface area contributed by atoms with E-state index in [1.165, 1.54) is 0 Å². The molecule has 26 heavy (non-hydrogen) atoms. The number of ether oxygens (including phenoxy) is 3. The predicted octanol–water partition coefficient (Wildman–Crippen LogP) is 2.66. The quantitative estimate of drug-likeness (QED) is 0.473. The Morgan fingerprint density at radius 2 is 2.00 bits per heavy atom. The molecule has 1 aromatic heterocycles. The van der Waals surface area contributed by atoms with Gasteiger partial charge in [0, 0.05) is 37.5 Å². The van der Waals surface area contributed by atoms with Crippen molar-refractivity contribution in [2.45, 2.75) is 16.8 Å². The van der Waals surface area contributed by atoms with Gasteiger partial charge in [-0.05, 0) is 36.6 Å². The summed E-state index contributed by atoms with van der Waals surface area (Å²) in [6.45, 7) is 0. The van der Waals surface area contributed by atoms with Crippen LogP contribution in [0, 0.1) is 0 Å². The lowest BCUT2D eigenvalue weighted by Gasteiger charge is -2.35. The third-order valence-electron chi connectivity index (χ3n) is 4.42. The minimum absolute atomic E-state index is 0.432. The number of benzene rings is 1. The van der Waals surface area contributed by atoms with Crippen LogP contribution in [0.3, 0.4) is 0 Å². The summed E-state index contributed by atoms with van der Waals surface area (Å²) in [5.74, 6) is -0.969. The maximum atomic E-state index is 6.13. The van der Waals surface area contributed by atoms with Crippen LogP contribution in [0.25, 0.3) is 17.0 Å². The lowest BCUT2D eigenvalue weighted by atomic mass is 10.0. The zero-order valence-corrected chi connectivity index (χ0v) is 16.0. The molecule has 0 saturated carbocycles. The highest BCUT2D eigenvalue weighted by molar-refractivity contribution is 7.98. The monoisotopic (exact) mass is 374 g/mol. The maximum absolute atomic E-state index is 6.13. The zero-order valence-electron chi connectivity index (χ0n) is 15.2. The van der Waals surface area contributed by atoms with Crippen LogP contribution in [-0.2, 0) is 14.2 Å². The molecule has 1 aliphatic rings. The Morgan fingerprint density at radius 3 is 2.62 bits per heavy atom. The van der Waals surface area contributed by atoms with Crippen LogP contribution in [0.5, 0.6) is 0 Å². The van der Waals surface area contributed by atoms with Crippen molar-refractivity contribution in [1.29, 1.82) is 0 Å². The van der Waals surface area contributed by atoms with Crippen molar-refractivity contribution in [3.8, 4) is 11.3 Å². The first kappa shape index (κ1) is 18.7. The van der Waals surface area contributed by atoms with Gasteiger partial charge in [0.1, 0.15) is 6.10 Å². The lowest BCUT2D eigenvalue weighted by Crippen LogP contribution is -2.45. The second-order valence-electron chi connectivity index (χ2n) is 5.70. The molecule has 0 aliphatic heterocycles. The fraction of sp³-hybridized carbons (Fsp3) is 0.333. The van der Waals surface area contributed by atoms with Gasteiger partial charge in [-0.3, -0.25) is 0 Å². The summed E-state index contributed by atoms with van der Waals surface area (Å²) in [4.78, 5) is 1.04. The van der Waals surface area contributed by atoms with Crippen LogP contribution < -0.4 is 5.73 Å². The number of hydrogen-bond donors (Lipinski definition) is 1. The Balaban J connectivity index is 2.00. The molecule has 0 radical (unpaired) electrons. The lowest BCUT2D eigenvalue weighted by molar-refractivity contribution is -0.220. The van der Waals surface area contributed by atoms with Crippen LogP contribution in [0.4, 0.5) is 5.69 Å². The number of anilines is 1. The van der Waals surface area contributed by atoms with E-state index >= 15 is 0 Å². The van der Waals surface area contributed by atoms with E-state index in [0.29, 0.717) is 0 Å². The van der Waals surface area contributed by atoms with Gasteiger partial charge in [-0.2, -0.15) is 0 Å². The second kappa shape index (κ2) is 7.63. The fourth-order valence-corrected chi connectivity index (χ4v) is 3.46. The van der Waals surface area contributed by atoms with Gasteiger partial charge in [0.15, 0.2) is 0 Å². The van der Waals surface area contributed by atoms with Gasteiger partial charge in [-0.25, -0.2) is 4.68 Å². The molecule has 0 spiro atoms. The summed E-state index contributed by atoms with van der Waals surface area (Å²) in [6.07, 6.45) is 8.85. The van der Waals surface area contributed by atoms with E-state index in [9.17, 15) is 0 Å². The molecule has 1 unspecified atom stereocenters. The van der Waals surface area contributed by atoms with E-state index < -0.39 is 11.9 Å². The third-order valence-corrected chi connectivity index (χ3v) is 5.23. The summed E-state index contributed by atoms with van der Waals surface area (Å²) in [5, 5.41) is 8.28. The first-order chi connectivity index (χ1) is 12.6. The highest BCUT2D eigenvalue weighted by Crippen LogP contribution is 2.33. The number of nitrogen functional groups attached to an aromatic ring is 1. The fourth-order valence-electron chi connectivity index (χ4n) is 2.96. The predicted molar refractivity (Wildman–Crippen MR) is 103 cm³/mol. The normalized spacial score (nSPS) is 18.8. The number of aromatic nitrogens is 3. The summed E-state index contributed by atoms with van der Waals surface area (Å²) < 4.78 is 18.3. The third kappa shape index (κ3) is 3.16. The Morgan fingerprint density at radius 1 is 1.23 bits per heavy atom. The molecule has 2 aromatic rings. The van der Waals surface area contributed by atoms with E-state index in [4.69, 9.17) is 19.9 Å². The van der Waals surface area contributed by atoms with Crippen LogP contribution in [-0.4, -0.2) is 54.5 Å². The largest absolute Gasteiger partial charge is 0.398 e. The SMILES string of the molecule is COC1C=C(n2nncc2-c2ccc(SC)c(N)c2)C=CC1(OC)OC. The Hall–Kier alpha value is -2.13. The average Bonchev–Trinajstić information content (AvgIpc) is 3.17. The van der Waals surface area contributed by atoms with E-state index in [1.54, 1.807) is 44.0 Å². The molecule has 138 valence electrons. The van der Waals surface area contributed by atoms with Crippen molar-refractivity contribution in [3.05, 3.63) is 42.6 Å². The molecule has 1 aromatic carbocycles. The van der Waals surface area contributed by atoms with Gasteiger partial charge < -0.3 is 19.9 Å². The maximum Gasteiger partial charge on any atom is 0.218 e. The number of allylic oxidation sites excluding steroid dienone is 2. The minimum atomic E-state index is -0.969. The Kier molecular flexibility index (Phi) is 5.47. The number of nitrogens with two attached hydrogens (primary N) is 1. The summed E-state index contributed by atoms with van der Waals surface area (Å²) in [5.41, 5.74) is 9.43. The smallest absolute Gasteiger partial charge is 0.218 e. The van der Waals surface area contributed by atoms with Crippen molar-refractivity contribution in [3.63, 3.8) is 0 Å². The van der Waals surface area contributed by atoms with Crippen LogP contribution >= 0.6 is 11.8 Å². The van der Waals surface area contributed by atoms with E-state index in [2.05, 4.69) is 10.3 Å². The first-order valence-corrected chi connectivity index (χ1v) is 9.20. The van der Waals surface area contributed by atoms with Gasteiger partial charge in [0.05, 0.1) is 17.6 Å². The van der Waals surface area contributed by atoms with Gasteiger partial charge in [0.2, 0.25) is 5.79 Å². The van der Waals surface area contributed by atoms with Crippen molar-refractivity contribution in [2.75, 3.05) is 33.3 Å².